The standard InChI is InChI=1S/C14H26N4/c1-12(2)10-15-11-13-6-4-5-8-18(13)14-16-7-9-17(14)3/h7,9,12-13,15H,4-6,8,10-11H2,1-3H3. The van der Waals surface area contributed by atoms with Gasteiger partial charge in [-0.15, -0.1) is 0 Å². The Morgan fingerprint density at radius 1 is 1.44 bits per heavy atom. The minimum atomic E-state index is 0.596. The average molecular weight is 250 g/mol. The van der Waals surface area contributed by atoms with E-state index >= 15 is 0 Å². The largest absolute Gasteiger partial charge is 0.338 e. The number of rotatable bonds is 5. The van der Waals surface area contributed by atoms with Crippen molar-refractivity contribution in [2.75, 3.05) is 24.5 Å². The molecule has 1 saturated heterocycles. The molecule has 1 aliphatic rings. The Kier molecular flexibility index (Phi) is 4.64. The summed E-state index contributed by atoms with van der Waals surface area (Å²) >= 11 is 0. The van der Waals surface area contributed by atoms with Gasteiger partial charge >= 0.3 is 0 Å². The van der Waals surface area contributed by atoms with Crippen molar-refractivity contribution in [2.24, 2.45) is 13.0 Å². The maximum absolute atomic E-state index is 4.49. The lowest BCUT2D eigenvalue weighted by Crippen LogP contribution is -2.47. The van der Waals surface area contributed by atoms with Gasteiger partial charge in [-0.2, -0.15) is 0 Å². The summed E-state index contributed by atoms with van der Waals surface area (Å²) in [6.07, 6.45) is 7.82. The van der Waals surface area contributed by atoms with Crippen molar-refractivity contribution in [3.63, 3.8) is 0 Å². The molecule has 102 valence electrons. The summed E-state index contributed by atoms with van der Waals surface area (Å²) in [5.41, 5.74) is 0. The van der Waals surface area contributed by atoms with Gasteiger partial charge in [-0.1, -0.05) is 13.8 Å². The van der Waals surface area contributed by atoms with E-state index in [9.17, 15) is 0 Å². The number of aryl methyl sites for hydroxylation is 1. The van der Waals surface area contributed by atoms with Gasteiger partial charge in [0.2, 0.25) is 5.95 Å². The summed E-state index contributed by atoms with van der Waals surface area (Å²) in [5, 5.41) is 3.59. The first-order valence-corrected chi connectivity index (χ1v) is 7.13. The first-order valence-electron chi connectivity index (χ1n) is 7.13. The number of imidazole rings is 1. The normalized spacial score (nSPS) is 20.7. The molecule has 1 fully saturated rings. The zero-order valence-electron chi connectivity index (χ0n) is 11.9. The highest BCUT2D eigenvalue weighted by atomic mass is 15.3. The number of nitrogens with zero attached hydrogens (tertiary/aromatic N) is 3. The molecule has 0 bridgehead atoms. The van der Waals surface area contributed by atoms with Gasteiger partial charge in [0, 0.05) is 38.6 Å². The Bertz CT molecular complexity index is 358. The molecule has 0 aliphatic carbocycles. The number of hydrogen-bond acceptors (Lipinski definition) is 3. The second-order valence-corrected chi connectivity index (χ2v) is 5.73. The molecule has 0 amide bonds. The third-order valence-corrected chi connectivity index (χ3v) is 3.61. The Balaban J connectivity index is 1.96. The van der Waals surface area contributed by atoms with Crippen LogP contribution in [0.25, 0.3) is 0 Å². The molecule has 1 aromatic rings. The van der Waals surface area contributed by atoms with Crippen molar-refractivity contribution in [1.29, 1.82) is 0 Å². The lowest BCUT2D eigenvalue weighted by atomic mass is 10.0. The first-order chi connectivity index (χ1) is 8.68. The quantitative estimate of drug-likeness (QED) is 0.868. The van der Waals surface area contributed by atoms with E-state index in [-0.39, 0.29) is 0 Å². The van der Waals surface area contributed by atoms with Crippen LogP contribution in [0.2, 0.25) is 0 Å². The van der Waals surface area contributed by atoms with Gasteiger partial charge in [-0.05, 0) is 31.7 Å². The summed E-state index contributed by atoms with van der Waals surface area (Å²) in [5.74, 6) is 1.83. The van der Waals surface area contributed by atoms with Gasteiger partial charge in [0.25, 0.3) is 0 Å². The Morgan fingerprint density at radius 2 is 2.28 bits per heavy atom. The fourth-order valence-corrected chi connectivity index (χ4v) is 2.65. The van der Waals surface area contributed by atoms with Crippen LogP contribution in [0.5, 0.6) is 0 Å². The van der Waals surface area contributed by atoms with E-state index in [0.717, 1.165) is 31.5 Å². The Labute approximate surface area is 110 Å². The summed E-state index contributed by atoms with van der Waals surface area (Å²) < 4.78 is 2.13. The molecule has 4 nitrogen and oxygen atoms in total. The van der Waals surface area contributed by atoms with Crippen LogP contribution in [0.4, 0.5) is 5.95 Å². The predicted octanol–water partition coefficient (Wildman–Crippen LogP) is 2.02. The fraction of sp³-hybridized carbons (Fsp3) is 0.786. The molecule has 0 aromatic carbocycles. The molecule has 1 aromatic heterocycles. The number of aromatic nitrogens is 2. The van der Waals surface area contributed by atoms with E-state index < -0.39 is 0 Å². The van der Waals surface area contributed by atoms with Crippen LogP contribution in [0, 0.1) is 5.92 Å². The van der Waals surface area contributed by atoms with E-state index in [2.05, 4.69) is 40.7 Å². The van der Waals surface area contributed by atoms with Crippen LogP contribution in [0.1, 0.15) is 33.1 Å². The van der Waals surface area contributed by atoms with Crippen molar-refractivity contribution < 1.29 is 0 Å². The van der Waals surface area contributed by atoms with Gasteiger partial charge < -0.3 is 14.8 Å². The monoisotopic (exact) mass is 250 g/mol. The zero-order chi connectivity index (χ0) is 13.0. The highest BCUT2D eigenvalue weighted by Crippen LogP contribution is 2.22. The molecule has 2 rings (SSSR count). The predicted molar refractivity (Wildman–Crippen MR) is 75.9 cm³/mol. The van der Waals surface area contributed by atoms with E-state index in [4.69, 9.17) is 0 Å². The highest BCUT2D eigenvalue weighted by molar-refractivity contribution is 5.33. The lowest BCUT2D eigenvalue weighted by Gasteiger charge is -2.36. The van der Waals surface area contributed by atoms with E-state index in [1.54, 1.807) is 0 Å². The van der Waals surface area contributed by atoms with E-state index in [1.165, 1.54) is 19.3 Å². The zero-order valence-corrected chi connectivity index (χ0v) is 11.9. The Morgan fingerprint density at radius 3 is 2.94 bits per heavy atom. The molecule has 0 saturated carbocycles. The minimum absolute atomic E-state index is 0.596. The molecule has 18 heavy (non-hydrogen) atoms. The molecule has 1 atom stereocenters. The van der Waals surface area contributed by atoms with Crippen LogP contribution in [-0.2, 0) is 7.05 Å². The van der Waals surface area contributed by atoms with Crippen LogP contribution in [0.15, 0.2) is 12.4 Å². The van der Waals surface area contributed by atoms with Crippen LogP contribution >= 0.6 is 0 Å². The topological polar surface area (TPSA) is 33.1 Å². The number of hydrogen-bond donors (Lipinski definition) is 1. The molecule has 0 radical (unpaired) electrons. The molecule has 1 aliphatic heterocycles. The fourth-order valence-electron chi connectivity index (χ4n) is 2.65. The van der Waals surface area contributed by atoms with Crippen molar-refractivity contribution in [3.05, 3.63) is 12.4 Å². The van der Waals surface area contributed by atoms with Crippen LogP contribution in [-0.4, -0.2) is 35.2 Å². The van der Waals surface area contributed by atoms with Gasteiger partial charge in [-0.25, -0.2) is 4.98 Å². The maximum atomic E-state index is 4.49. The van der Waals surface area contributed by atoms with E-state index in [1.807, 2.05) is 12.4 Å². The first kappa shape index (κ1) is 13.4. The van der Waals surface area contributed by atoms with Gasteiger partial charge in [0.05, 0.1) is 0 Å². The summed E-state index contributed by atoms with van der Waals surface area (Å²) in [4.78, 5) is 6.96. The van der Waals surface area contributed by atoms with Gasteiger partial charge in [0.1, 0.15) is 0 Å². The second-order valence-electron chi connectivity index (χ2n) is 5.73. The average Bonchev–Trinajstić information content (AvgIpc) is 2.76. The maximum Gasteiger partial charge on any atom is 0.205 e. The Hall–Kier alpha value is -1.03. The number of nitrogens with one attached hydrogen (secondary N) is 1. The van der Waals surface area contributed by atoms with E-state index in [0.29, 0.717) is 6.04 Å². The summed E-state index contributed by atoms with van der Waals surface area (Å²) in [6.45, 7) is 7.82. The molecule has 1 N–H and O–H groups in total. The molecular weight excluding hydrogens is 224 g/mol. The molecular formula is C14H26N4. The van der Waals surface area contributed by atoms with Gasteiger partial charge in [0.15, 0.2) is 0 Å². The van der Waals surface area contributed by atoms with Crippen LogP contribution < -0.4 is 10.2 Å². The smallest absolute Gasteiger partial charge is 0.205 e. The van der Waals surface area contributed by atoms with Crippen molar-refractivity contribution in [2.45, 2.75) is 39.2 Å². The number of piperidine rings is 1. The highest BCUT2D eigenvalue weighted by Gasteiger charge is 2.24. The minimum Gasteiger partial charge on any atom is -0.338 e. The summed E-state index contributed by atoms with van der Waals surface area (Å²) in [6, 6.07) is 0.596. The molecule has 1 unspecified atom stereocenters. The lowest BCUT2D eigenvalue weighted by molar-refractivity contribution is 0.415. The second kappa shape index (κ2) is 6.23. The summed E-state index contributed by atoms with van der Waals surface area (Å²) in [7, 11) is 2.08. The third-order valence-electron chi connectivity index (χ3n) is 3.61. The third kappa shape index (κ3) is 3.25. The molecule has 0 spiro atoms. The van der Waals surface area contributed by atoms with Crippen molar-refractivity contribution in [3.8, 4) is 0 Å². The van der Waals surface area contributed by atoms with Gasteiger partial charge in [-0.3, -0.25) is 0 Å². The van der Waals surface area contributed by atoms with Crippen LogP contribution in [0.3, 0.4) is 0 Å². The molecule has 4 heteroatoms. The SMILES string of the molecule is CC(C)CNCC1CCCCN1c1nccn1C. The van der Waals surface area contributed by atoms with Crippen molar-refractivity contribution >= 4 is 5.95 Å². The number of anilines is 1. The molecule has 2 heterocycles. The van der Waals surface area contributed by atoms with Crippen molar-refractivity contribution in [1.82, 2.24) is 14.9 Å².